The van der Waals surface area contributed by atoms with E-state index in [1.165, 1.54) is 6.92 Å². The number of amides is 1. The molecule has 0 aliphatic carbocycles. The van der Waals surface area contributed by atoms with Crippen LogP contribution in [0.1, 0.15) is 34.6 Å². The summed E-state index contributed by atoms with van der Waals surface area (Å²) in [4.78, 5) is 22.3. The Bertz CT molecular complexity index is 426. The van der Waals surface area contributed by atoms with Crippen molar-refractivity contribution in [2.45, 2.75) is 46.3 Å². The van der Waals surface area contributed by atoms with Gasteiger partial charge in [-0.2, -0.15) is 0 Å². The Hall–Kier alpha value is -0.760. The molecule has 0 aromatic carbocycles. The summed E-state index contributed by atoms with van der Waals surface area (Å²) in [6.45, 7) is 5.37. The standard InChI is InChI=1S/C12H25N2O6PS/c1-6-19-21(18,14-9(2)10(15)16)22-8-7-13-11(17)20-12(3,4)5/h9H,6-8H2,1-5H3,(H,13,17)(H,14,18)(H,15,16). The zero-order valence-electron chi connectivity index (χ0n) is 13.5. The molecule has 0 fully saturated rings. The first-order chi connectivity index (χ1) is 9.99. The zero-order chi connectivity index (χ0) is 17.4. The summed E-state index contributed by atoms with van der Waals surface area (Å²) in [5.74, 6) is -0.831. The molecule has 0 aliphatic rings. The van der Waals surface area contributed by atoms with E-state index in [9.17, 15) is 14.2 Å². The maximum absolute atomic E-state index is 12.4. The van der Waals surface area contributed by atoms with Crippen molar-refractivity contribution in [3.8, 4) is 0 Å². The van der Waals surface area contributed by atoms with Crippen LogP contribution in [0, 0.1) is 0 Å². The Morgan fingerprint density at radius 3 is 2.41 bits per heavy atom. The number of hydrogen-bond acceptors (Lipinski definition) is 6. The molecular weight excluding hydrogens is 331 g/mol. The number of carbonyl (C=O) groups excluding carboxylic acids is 1. The van der Waals surface area contributed by atoms with Gasteiger partial charge in [0.2, 0.25) is 0 Å². The largest absolute Gasteiger partial charge is 0.480 e. The van der Waals surface area contributed by atoms with Gasteiger partial charge in [-0.1, -0.05) is 11.4 Å². The second-order valence-corrected chi connectivity index (χ2v) is 9.76. The Morgan fingerprint density at radius 1 is 1.36 bits per heavy atom. The lowest BCUT2D eigenvalue weighted by Gasteiger charge is -2.21. The quantitative estimate of drug-likeness (QED) is 0.426. The van der Waals surface area contributed by atoms with Gasteiger partial charge in [0, 0.05) is 12.3 Å². The molecule has 1 amide bonds. The number of carboxylic acids is 1. The molecule has 0 heterocycles. The molecule has 0 radical (unpaired) electrons. The molecule has 2 atom stereocenters. The number of aliphatic carboxylic acids is 1. The zero-order valence-corrected chi connectivity index (χ0v) is 15.3. The fourth-order valence-corrected chi connectivity index (χ4v) is 5.02. The van der Waals surface area contributed by atoms with Gasteiger partial charge in [0.1, 0.15) is 11.6 Å². The summed E-state index contributed by atoms with van der Waals surface area (Å²) in [7, 11) is 0. The van der Waals surface area contributed by atoms with Crippen LogP contribution in [0.2, 0.25) is 0 Å². The highest BCUT2D eigenvalue weighted by atomic mass is 32.7. The van der Waals surface area contributed by atoms with Crippen molar-refractivity contribution in [1.82, 2.24) is 10.4 Å². The number of rotatable bonds is 9. The molecule has 0 aromatic heterocycles. The second kappa shape index (κ2) is 9.39. The molecule has 0 spiro atoms. The molecule has 130 valence electrons. The molecule has 0 aromatic rings. The molecule has 22 heavy (non-hydrogen) atoms. The third-order valence-electron chi connectivity index (χ3n) is 2.05. The van der Waals surface area contributed by atoms with Gasteiger partial charge in [-0.05, 0) is 34.6 Å². The van der Waals surface area contributed by atoms with E-state index in [-0.39, 0.29) is 18.9 Å². The van der Waals surface area contributed by atoms with Crippen LogP contribution < -0.4 is 10.4 Å². The van der Waals surface area contributed by atoms with Gasteiger partial charge >= 0.3 is 18.8 Å². The van der Waals surface area contributed by atoms with Gasteiger partial charge in [-0.15, -0.1) is 0 Å². The van der Waals surface area contributed by atoms with E-state index in [1.807, 2.05) is 0 Å². The van der Waals surface area contributed by atoms with E-state index < -0.39 is 30.4 Å². The van der Waals surface area contributed by atoms with E-state index in [1.54, 1.807) is 27.7 Å². The average Bonchev–Trinajstić information content (AvgIpc) is 2.32. The Labute approximate surface area is 135 Å². The summed E-state index contributed by atoms with van der Waals surface area (Å²) < 4.78 is 22.6. The molecule has 10 heteroatoms. The van der Waals surface area contributed by atoms with Crippen molar-refractivity contribution in [3.05, 3.63) is 0 Å². The predicted molar refractivity (Wildman–Crippen MR) is 86.2 cm³/mol. The van der Waals surface area contributed by atoms with Crippen molar-refractivity contribution < 1.29 is 28.5 Å². The van der Waals surface area contributed by atoms with Crippen LogP contribution in [-0.2, 0) is 18.6 Å². The van der Waals surface area contributed by atoms with Crippen molar-refractivity contribution in [1.29, 1.82) is 0 Å². The molecule has 0 saturated carbocycles. The van der Waals surface area contributed by atoms with Gasteiger partial charge in [0.25, 0.3) is 0 Å². The smallest absolute Gasteiger partial charge is 0.407 e. The summed E-state index contributed by atoms with van der Waals surface area (Å²) in [6, 6.07) is -0.997. The van der Waals surface area contributed by atoms with Crippen molar-refractivity contribution in [2.24, 2.45) is 0 Å². The number of ether oxygens (including phenoxy) is 1. The van der Waals surface area contributed by atoms with Gasteiger partial charge in [0.15, 0.2) is 0 Å². The highest BCUT2D eigenvalue weighted by molar-refractivity contribution is 8.56. The fraction of sp³-hybridized carbons (Fsp3) is 0.833. The van der Waals surface area contributed by atoms with Crippen LogP contribution in [0.4, 0.5) is 4.79 Å². The number of hydrogen-bond donors (Lipinski definition) is 3. The summed E-state index contributed by atoms with van der Waals surface area (Å²) in [5.41, 5.74) is -0.587. The Morgan fingerprint density at radius 2 is 1.95 bits per heavy atom. The summed E-state index contributed by atoms with van der Waals surface area (Å²) in [5, 5.41) is 13.8. The first-order valence-electron chi connectivity index (χ1n) is 6.85. The van der Waals surface area contributed by atoms with E-state index in [0.717, 1.165) is 11.4 Å². The second-order valence-electron chi connectivity index (χ2n) is 5.37. The maximum atomic E-state index is 12.4. The normalized spacial score (nSPS) is 15.7. The molecule has 8 nitrogen and oxygen atoms in total. The highest BCUT2D eigenvalue weighted by Crippen LogP contribution is 2.55. The number of alkyl carbamates (subject to hydrolysis) is 1. The molecule has 0 aliphatic heterocycles. The van der Waals surface area contributed by atoms with Crippen LogP contribution >= 0.6 is 18.1 Å². The van der Waals surface area contributed by atoms with Crippen LogP contribution in [0.3, 0.4) is 0 Å². The number of carboxylic acid groups (broad SMARTS) is 1. The Kier molecular flexibility index (Phi) is 9.07. The van der Waals surface area contributed by atoms with Gasteiger partial charge in [-0.25, -0.2) is 9.88 Å². The van der Waals surface area contributed by atoms with Gasteiger partial charge in [0.05, 0.1) is 6.61 Å². The number of nitrogens with one attached hydrogen (secondary N) is 2. The maximum Gasteiger partial charge on any atom is 0.407 e. The fourth-order valence-electron chi connectivity index (χ4n) is 1.21. The van der Waals surface area contributed by atoms with Crippen molar-refractivity contribution in [3.63, 3.8) is 0 Å². The lowest BCUT2D eigenvalue weighted by molar-refractivity contribution is -0.138. The molecular formula is C12H25N2O6PS. The minimum absolute atomic E-state index is 0.184. The molecule has 0 rings (SSSR count). The molecule has 0 bridgehead atoms. The average molecular weight is 356 g/mol. The van der Waals surface area contributed by atoms with Crippen LogP contribution in [0.15, 0.2) is 0 Å². The third kappa shape index (κ3) is 10.0. The van der Waals surface area contributed by atoms with E-state index in [4.69, 9.17) is 14.4 Å². The van der Waals surface area contributed by atoms with Crippen molar-refractivity contribution in [2.75, 3.05) is 18.9 Å². The molecule has 0 saturated heterocycles. The topological polar surface area (TPSA) is 114 Å². The third-order valence-corrected chi connectivity index (χ3v) is 6.28. The van der Waals surface area contributed by atoms with Crippen LogP contribution in [0.5, 0.6) is 0 Å². The monoisotopic (exact) mass is 356 g/mol. The first kappa shape index (κ1) is 21.2. The SMILES string of the molecule is CCOP(=O)(NC(C)C(=O)O)SCCNC(=O)OC(C)(C)C. The van der Waals surface area contributed by atoms with Gasteiger partial charge < -0.3 is 19.7 Å². The predicted octanol–water partition coefficient (Wildman–Crippen LogP) is 2.45. The summed E-state index contributed by atoms with van der Waals surface area (Å²) >= 11 is 0.943. The van der Waals surface area contributed by atoms with E-state index in [2.05, 4.69) is 10.4 Å². The van der Waals surface area contributed by atoms with Crippen LogP contribution in [-0.4, -0.2) is 47.7 Å². The number of carbonyl (C=O) groups is 2. The Balaban J connectivity index is 4.28. The van der Waals surface area contributed by atoms with Crippen molar-refractivity contribution >= 4 is 30.2 Å². The minimum atomic E-state index is -3.34. The lowest BCUT2D eigenvalue weighted by Crippen LogP contribution is -2.34. The lowest BCUT2D eigenvalue weighted by atomic mass is 10.2. The highest BCUT2D eigenvalue weighted by Gasteiger charge is 2.28. The van der Waals surface area contributed by atoms with Crippen LogP contribution in [0.25, 0.3) is 0 Å². The van der Waals surface area contributed by atoms with E-state index >= 15 is 0 Å². The van der Waals surface area contributed by atoms with Gasteiger partial charge in [-0.3, -0.25) is 9.36 Å². The summed E-state index contributed by atoms with van der Waals surface area (Å²) in [6.07, 6.45) is -0.564. The van der Waals surface area contributed by atoms with E-state index in [0.29, 0.717) is 0 Å². The molecule has 2 unspecified atom stereocenters. The molecule has 3 N–H and O–H groups in total. The minimum Gasteiger partial charge on any atom is -0.480 e. The first-order valence-corrected chi connectivity index (χ1v) is 10.1.